The van der Waals surface area contributed by atoms with Crippen LogP contribution in [0.3, 0.4) is 0 Å². The predicted octanol–water partition coefficient (Wildman–Crippen LogP) is 2.24. The van der Waals surface area contributed by atoms with Crippen molar-refractivity contribution in [1.29, 1.82) is 0 Å². The number of amides is 1. The van der Waals surface area contributed by atoms with E-state index in [9.17, 15) is 19.4 Å². The van der Waals surface area contributed by atoms with Crippen molar-refractivity contribution in [3.05, 3.63) is 65.2 Å². The van der Waals surface area contributed by atoms with E-state index in [2.05, 4.69) is 10.3 Å². The van der Waals surface area contributed by atoms with Crippen molar-refractivity contribution in [3.8, 4) is 0 Å². The highest BCUT2D eigenvalue weighted by Crippen LogP contribution is 2.20. The number of carbonyl (C=O) groups is 1. The number of aromatic nitrogens is 1. The number of carbonyl (C=O) groups excluding carboxylic acids is 1. The van der Waals surface area contributed by atoms with Crippen LogP contribution < -0.4 is 5.32 Å². The fourth-order valence-electron chi connectivity index (χ4n) is 2.30. The number of rotatable bonds is 7. The highest BCUT2D eigenvalue weighted by atomic mass is 19.1. The summed E-state index contributed by atoms with van der Waals surface area (Å²) in [4.78, 5) is 15.4. The lowest BCUT2D eigenvalue weighted by Gasteiger charge is -2.19. The van der Waals surface area contributed by atoms with E-state index in [1.807, 2.05) is 30.3 Å². The standard InChI is InChI=1S/C18H21FN2O4/c1-12-9-14(19)10-21-16(12)17(23)15(22)7-8-20-18(24)25-11-13-5-3-2-4-6-13/h2-6,9-10,15,17,22-23H,7-8,11H2,1H3,(H,20,24). The molecule has 0 spiro atoms. The van der Waals surface area contributed by atoms with Crippen LogP contribution in [0.4, 0.5) is 9.18 Å². The van der Waals surface area contributed by atoms with Crippen molar-refractivity contribution in [1.82, 2.24) is 10.3 Å². The topological polar surface area (TPSA) is 91.7 Å². The molecule has 0 aliphatic heterocycles. The zero-order valence-electron chi connectivity index (χ0n) is 13.9. The van der Waals surface area contributed by atoms with Crippen molar-refractivity contribution in [3.63, 3.8) is 0 Å². The molecule has 7 heteroatoms. The molecule has 134 valence electrons. The number of nitrogens with zero attached hydrogens (tertiary/aromatic N) is 1. The van der Waals surface area contributed by atoms with E-state index in [4.69, 9.17) is 4.74 Å². The molecule has 0 saturated heterocycles. The number of hydrogen-bond donors (Lipinski definition) is 3. The Morgan fingerprint density at radius 2 is 2.04 bits per heavy atom. The van der Waals surface area contributed by atoms with E-state index in [-0.39, 0.29) is 25.3 Å². The predicted molar refractivity (Wildman–Crippen MR) is 89.1 cm³/mol. The lowest BCUT2D eigenvalue weighted by molar-refractivity contribution is 0.0107. The van der Waals surface area contributed by atoms with Gasteiger partial charge in [-0.25, -0.2) is 9.18 Å². The molecule has 1 aromatic heterocycles. The van der Waals surface area contributed by atoms with Gasteiger partial charge in [0.15, 0.2) is 0 Å². The Balaban J connectivity index is 1.74. The van der Waals surface area contributed by atoms with Gasteiger partial charge in [-0.2, -0.15) is 0 Å². The molecule has 0 aliphatic carbocycles. The third-order valence-electron chi connectivity index (χ3n) is 3.65. The number of halogens is 1. The Kier molecular flexibility index (Phi) is 6.85. The van der Waals surface area contributed by atoms with Crippen molar-refractivity contribution >= 4 is 6.09 Å². The highest BCUT2D eigenvalue weighted by Gasteiger charge is 2.21. The largest absolute Gasteiger partial charge is 0.445 e. The maximum atomic E-state index is 13.0. The van der Waals surface area contributed by atoms with Gasteiger partial charge in [-0.1, -0.05) is 30.3 Å². The molecule has 1 aromatic carbocycles. The van der Waals surface area contributed by atoms with Crippen LogP contribution in [0, 0.1) is 12.7 Å². The van der Waals surface area contributed by atoms with Crippen LogP contribution in [0.5, 0.6) is 0 Å². The number of pyridine rings is 1. The van der Waals surface area contributed by atoms with Crippen LogP contribution in [0.1, 0.15) is 29.3 Å². The number of ether oxygens (including phenoxy) is 1. The van der Waals surface area contributed by atoms with Crippen LogP contribution in [-0.2, 0) is 11.3 Å². The van der Waals surface area contributed by atoms with Crippen LogP contribution in [-0.4, -0.2) is 33.9 Å². The second-order valence-electron chi connectivity index (χ2n) is 5.65. The average molecular weight is 348 g/mol. The Labute approximate surface area is 145 Å². The second kappa shape index (κ2) is 9.10. The monoisotopic (exact) mass is 348 g/mol. The molecule has 3 N–H and O–H groups in total. The summed E-state index contributed by atoms with van der Waals surface area (Å²) in [5.74, 6) is -0.509. The van der Waals surface area contributed by atoms with Gasteiger partial charge in [0, 0.05) is 6.54 Å². The summed E-state index contributed by atoms with van der Waals surface area (Å²) in [5.41, 5.74) is 1.52. The van der Waals surface area contributed by atoms with Gasteiger partial charge >= 0.3 is 6.09 Å². The number of aryl methyl sites for hydroxylation is 1. The number of nitrogens with one attached hydrogen (secondary N) is 1. The molecule has 2 rings (SSSR count). The van der Waals surface area contributed by atoms with E-state index in [0.717, 1.165) is 11.8 Å². The molecule has 2 atom stereocenters. The molecule has 1 amide bonds. The minimum atomic E-state index is -1.26. The molecular formula is C18H21FN2O4. The first kappa shape index (κ1) is 18.8. The molecule has 0 aliphatic rings. The SMILES string of the molecule is Cc1cc(F)cnc1C(O)C(O)CCNC(=O)OCc1ccccc1. The summed E-state index contributed by atoms with van der Waals surface area (Å²) in [7, 11) is 0. The lowest BCUT2D eigenvalue weighted by Crippen LogP contribution is -2.30. The van der Waals surface area contributed by atoms with E-state index < -0.39 is 24.1 Å². The zero-order valence-corrected chi connectivity index (χ0v) is 13.9. The molecule has 2 aromatic rings. The van der Waals surface area contributed by atoms with Gasteiger partial charge in [-0.05, 0) is 30.5 Å². The maximum Gasteiger partial charge on any atom is 0.407 e. The van der Waals surface area contributed by atoms with Gasteiger partial charge in [0.25, 0.3) is 0 Å². The van der Waals surface area contributed by atoms with Crippen LogP contribution in [0.25, 0.3) is 0 Å². The quantitative estimate of drug-likeness (QED) is 0.714. The van der Waals surface area contributed by atoms with Gasteiger partial charge in [-0.3, -0.25) is 4.98 Å². The van der Waals surface area contributed by atoms with Crippen LogP contribution in [0.2, 0.25) is 0 Å². The Bertz CT molecular complexity index is 697. The summed E-state index contributed by atoms with van der Waals surface area (Å²) in [6.07, 6.45) is -1.94. The van der Waals surface area contributed by atoms with Gasteiger partial charge < -0.3 is 20.3 Å². The normalized spacial score (nSPS) is 13.1. The maximum absolute atomic E-state index is 13.0. The van der Waals surface area contributed by atoms with Gasteiger partial charge in [0.05, 0.1) is 18.0 Å². The molecule has 0 saturated carbocycles. The summed E-state index contributed by atoms with van der Waals surface area (Å²) < 4.78 is 18.1. The highest BCUT2D eigenvalue weighted by molar-refractivity contribution is 5.67. The van der Waals surface area contributed by atoms with Crippen LogP contribution in [0.15, 0.2) is 42.6 Å². The summed E-state index contributed by atoms with van der Waals surface area (Å²) in [5, 5.41) is 22.6. The second-order valence-corrected chi connectivity index (χ2v) is 5.65. The summed E-state index contributed by atoms with van der Waals surface area (Å²) in [6, 6.07) is 10.5. The number of aliphatic hydroxyl groups excluding tert-OH is 2. The van der Waals surface area contributed by atoms with Gasteiger partial charge in [-0.15, -0.1) is 0 Å². The van der Waals surface area contributed by atoms with Crippen molar-refractivity contribution < 1.29 is 24.1 Å². The van der Waals surface area contributed by atoms with E-state index in [0.29, 0.717) is 5.56 Å². The molecule has 25 heavy (non-hydrogen) atoms. The van der Waals surface area contributed by atoms with Gasteiger partial charge in [0.1, 0.15) is 18.5 Å². The molecule has 6 nitrogen and oxygen atoms in total. The minimum absolute atomic E-state index is 0.0973. The fraction of sp³-hybridized carbons (Fsp3) is 0.333. The zero-order chi connectivity index (χ0) is 18.2. The average Bonchev–Trinajstić information content (AvgIpc) is 2.60. The third-order valence-corrected chi connectivity index (χ3v) is 3.65. The minimum Gasteiger partial charge on any atom is -0.445 e. The van der Waals surface area contributed by atoms with Gasteiger partial charge in [0.2, 0.25) is 0 Å². The molecule has 0 fully saturated rings. The number of alkyl carbamates (subject to hydrolysis) is 1. The van der Waals surface area contributed by atoms with Crippen LogP contribution >= 0.6 is 0 Å². The number of aliphatic hydroxyl groups is 2. The smallest absolute Gasteiger partial charge is 0.407 e. The van der Waals surface area contributed by atoms with Crippen molar-refractivity contribution in [2.45, 2.75) is 32.2 Å². The van der Waals surface area contributed by atoms with E-state index in [1.165, 1.54) is 6.07 Å². The first-order valence-corrected chi connectivity index (χ1v) is 7.90. The van der Waals surface area contributed by atoms with Crippen molar-refractivity contribution in [2.75, 3.05) is 6.54 Å². The molecule has 0 bridgehead atoms. The number of hydrogen-bond acceptors (Lipinski definition) is 5. The Hall–Kier alpha value is -2.51. The first-order valence-electron chi connectivity index (χ1n) is 7.90. The Morgan fingerprint density at radius 3 is 2.72 bits per heavy atom. The lowest BCUT2D eigenvalue weighted by atomic mass is 10.0. The van der Waals surface area contributed by atoms with Crippen molar-refractivity contribution in [2.24, 2.45) is 0 Å². The first-order chi connectivity index (χ1) is 12.0. The molecule has 2 unspecified atom stereocenters. The fourth-order valence-corrected chi connectivity index (χ4v) is 2.30. The van der Waals surface area contributed by atoms with E-state index in [1.54, 1.807) is 6.92 Å². The summed E-state index contributed by atoms with van der Waals surface area (Å²) >= 11 is 0. The molecule has 1 heterocycles. The Morgan fingerprint density at radius 1 is 1.32 bits per heavy atom. The number of benzene rings is 1. The van der Waals surface area contributed by atoms with E-state index >= 15 is 0 Å². The molecule has 0 radical (unpaired) electrons. The molecular weight excluding hydrogens is 327 g/mol. The third kappa shape index (κ3) is 5.81. The summed E-state index contributed by atoms with van der Waals surface area (Å²) in [6.45, 7) is 1.86.